The molecule has 3 aromatic rings. The molecule has 9 nitrogen and oxygen atoms in total. The second-order valence-electron chi connectivity index (χ2n) is 10.9. The first-order valence-electron chi connectivity index (χ1n) is 13.7. The smallest absolute Gasteiger partial charge is 0.335 e. The van der Waals surface area contributed by atoms with Gasteiger partial charge in [-0.2, -0.15) is 4.98 Å². The van der Waals surface area contributed by atoms with Crippen LogP contribution in [0.5, 0.6) is 5.88 Å². The van der Waals surface area contributed by atoms with Crippen LogP contribution in [-0.2, 0) is 10.0 Å². The summed E-state index contributed by atoms with van der Waals surface area (Å²) in [6, 6.07) is 13.4. The van der Waals surface area contributed by atoms with E-state index in [1.807, 2.05) is 32.0 Å². The van der Waals surface area contributed by atoms with E-state index in [2.05, 4.69) is 33.9 Å². The molecule has 0 saturated heterocycles. The van der Waals surface area contributed by atoms with Crippen LogP contribution in [-0.4, -0.2) is 48.2 Å². The highest BCUT2D eigenvalue weighted by Gasteiger charge is 2.23. The summed E-state index contributed by atoms with van der Waals surface area (Å²) in [4.78, 5) is 20.1. The normalized spacial score (nSPS) is 14.8. The van der Waals surface area contributed by atoms with Crippen LogP contribution in [0.25, 0.3) is 11.3 Å². The van der Waals surface area contributed by atoms with Crippen LogP contribution in [0.3, 0.4) is 0 Å². The van der Waals surface area contributed by atoms with E-state index in [1.54, 1.807) is 6.07 Å². The molecule has 4 rings (SSSR count). The molecule has 3 N–H and O–H groups in total. The minimum Gasteiger partial charge on any atom is -0.478 e. The SMILES string of the molecule is Cc1cccc(C)c1-c1cc(OCC(CC(C)C)NC2CCCC2)nc(NS(=O)(=O)c2cccc(C(=O)O)c2)n1. The fourth-order valence-corrected chi connectivity index (χ4v) is 6.22. The third kappa shape index (κ3) is 7.57. The molecule has 0 radical (unpaired) electrons. The predicted octanol–water partition coefficient (Wildman–Crippen LogP) is 5.59. The minimum atomic E-state index is -4.17. The number of carboxylic acids is 1. The average Bonchev–Trinajstić information content (AvgIpc) is 3.40. The van der Waals surface area contributed by atoms with Gasteiger partial charge in [-0.1, -0.05) is 51.0 Å². The van der Waals surface area contributed by atoms with E-state index in [0.717, 1.165) is 42.0 Å². The van der Waals surface area contributed by atoms with E-state index in [-0.39, 0.29) is 28.3 Å². The monoisotopic (exact) mass is 566 g/mol. The summed E-state index contributed by atoms with van der Waals surface area (Å²) in [5.74, 6) is -0.642. The Balaban J connectivity index is 1.66. The number of rotatable bonds is 12. The van der Waals surface area contributed by atoms with Gasteiger partial charge in [-0.3, -0.25) is 0 Å². The quantitative estimate of drug-likeness (QED) is 0.259. The van der Waals surface area contributed by atoms with Crippen molar-refractivity contribution in [3.63, 3.8) is 0 Å². The van der Waals surface area contributed by atoms with Crippen molar-refractivity contribution >= 4 is 21.9 Å². The molecular formula is C30H38N4O5S. The van der Waals surface area contributed by atoms with Crippen LogP contribution in [0.1, 0.15) is 67.4 Å². The van der Waals surface area contributed by atoms with Crippen molar-refractivity contribution in [2.45, 2.75) is 76.8 Å². The number of nitrogens with one attached hydrogen (secondary N) is 2. The lowest BCUT2D eigenvalue weighted by atomic mass is 10.00. The van der Waals surface area contributed by atoms with Gasteiger partial charge < -0.3 is 15.2 Å². The number of hydrogen-bond donors (Lipinski definition) is 3. The van der Waals surface area contributed by atoms with Crippen LogP contribution in [0.15, 0.2) is 53.4 Å². The molecule has 0 aliphatic heterocycles. The zero-order valence-corrected chi connectivity index (χ0v) is 24.3. The molecule has 0 bridgehead atoms. The van der Waals surface area contributed by atoms with Crippen LogP contribution in [0.4, 0.5) is 5.95 Å². The van der Waals surface area contributed by atoms with Gasteiger partial charge in [0.15, 0.2) is 0 Å². The molecule has 1 unspecified atom stereocenters. The number of sulfonamides is 1. The zero-order valence-electron chi connectivity index (χ0n) is 23.5. The van der Waals surface area contributed by atoms with Gasteiger partial charge in [-0.05, 0) is 68.4 Å². The minimum absolute atomic E-state index is 0.126. The standard InChI is InChI=1S/C30H38N4O5S/c1-19(2)15-24(31-23-12-5-6-13-23)18-39-27-17-26(28-20(3)9-7-10-21(28)4)32-30(33-27)34-40(37,38)25-14-8-11-22(16-25)29(35)36/h7-11,14,16-17,19,23-24,31H,5-6,12-13,15,18H2,1-4H3,(H,35,36)(H,32,33,34). The Labute approximate surface area is 236 Å². The predicted molar refractivity (Wildman–Crippen MR) is 155 cm³/mol. The Morgan fingerprint density at radius 3 is 2.38 bits per heavy atom. The van der Waals surface area contributed by atoms with Gasteiger partial charge in [0.1, 0.15) is 6.61 Å². The van der Waals surface area contributed by atoms with Gasteiger partial charge in [-0.15, -0.1) is 0 Å². The molecule has 1 saturated carbocycles. The van der Waals surface area contributed by atoms with E-state index < -0.39 is 16.0 Å². The molecule has 1 aromatic heterocycles. The van der Waals surface area contributed by atoms with Crippen molar-refractivity contribution < 1.29 is 23.1 Å². The number of nitrogens with zero attached hydrogens (tertiary/aromatic N) is 2. The number of ether oxygens (including phenoxy) is 1. The topological polar surface area (TPSA) is 131 Å². The highest BCUT2D eigenvalue weighted by Crippen LogP contribution is 2.30. The van der Waals surface area contributed by atoms with Crippen molar-refractivity contribution in [2.24, 2.45) is 5.92 Å². The molecule has 1 aliphatic carbocycles. The number of aryl methyl sites for hydroxylation is 2. The van der Waals surface area contributed by atoms with Gasteiger partial charge >= 0.3 is 5.97 Å². The van der Waals surface area contributed by atoms with Crippen molar-refractivity contribution in [3.05, 3.63) is 65.2 Å². The summed E-state index contributed by atoms with van der Waals surface area (Å²) >= 11 is 0. The Bertz CT molecular complexity index is 1430. The second kappa shape index (κ2) is 12.8. The van der Waals surface area contributed by atoms with Crippen LogP contribution in [0.2, 0.25) is 0 Å². The van der Waals surface area contributed by atoms with Gasteiger partial charge in [0.05, 0.1) is 16.2 Å². The van der Waals surface area contributed by atoms with Crippen LogP contribution >= 0.6 is 0 Å². The Morgan fingerprint density at radius 1 is 1.05 bits per heavy atom. The van der Waals surface area contributed by atoms with E-state index in [4.69, 9.17) is 4.74 Å². The maximum atomic E-state index is 13.2. The molecule has 40 heavy (non-hydrogen) atoms. The van der Waals surface area contributed by atoms with Crippen molar-refractivity contribution in [2.75, 3.05) is 11.3 Å². The Morgan fingerprint density at radius 2 is 1.73 bits per heavy atom. The molecule has 0 amide bonds. The van der Waals surface area contributed by atoms with Gasteiger partial charge in [0.25, 0.3) is 10.0 Å². The van der Waals surface area contributed by atoms with Gasteiger partial charge in [-0.25, -0.2) is 22.9 Å². The maximum absolute atomic E-state index is 13.2. The summed E-state index contributed by atoms with van der Waals surface area (Å²) < 4.78 is 35.1. The van der Waals surface area contributed by atoms with Crippen molar-refractivity contribution in [1.29, 1.82) is 0 Å². The van der Waals surface area contributed by atoms with E-state index in [1.165, 1.54) is 31.0 Å². The zero-order chi connectivity index (χ0) is 28.9. The third-order valence-electron chi connectivity index (χ3n) is 7.07. The first-order chi connectivity index (χ1) is 19.0. The fraction of sp³-hybridized carbons (Fsp3) is 0.433. The molecule has 10 heteroatoms. The largest absolute Gasteiger partial charge is 0.478 e. The molecule has 1 heterocycles. The molecule has 1 fully saturated rings. The van der Waals surface area contributed by atoms with Crippen molar-refractivity contribution in [3.8, 4) is 17.1 Å². The van der Waals surface area contributed by atoms with Gasteiger partial charge in [0, 0.05) is 23.7 Å². The maximum Gasteiger partial charge on any atom is 0.335 e. The van der Waals surface area contributed by atoms with Crippen molar-refractivity contribution in [1.82, 2.24) is 15.3 Å². The van der Waals surface area contributed by atoms with E-state index in [0.29, 0.717) is 24.3 Å². The lowest BCUT2D eigenvalue weighted by Crippen LogP contribution is -2.41. The number of carbonyl (C=O) groups is 1. The number of anilines is 1. The van der Waals surface area contributed by atoms with E-state index in [9.17, 15) is 18.3 Å². The summed E-state index contributed by atoms with van der Waals surface area (Å²) in [6.45, 7) is 8.68. The Hall–Kier alpha value is -3.50. The molecule has 1 aliphatic rings. The van der Waals surface area contributed by atoms with Crippen LogP contribution in [0, 0.1) is 19.8 Å². The number of hydrogen-bond acceptors (Lipinski definition) is 7. The molecular weight excluding hydrogens is 528 g/mol. The van der Waals surface area contributed by atoms with Gasteiger partial charge in [0.2, 0.25) is 11.8 Å². The lowest BCUT2D eigenvalue weighted by Gasteiger charge is -2.24. The second-order valence-corrected chi connectivity index (χ2v) is 12.6. The first-order valence-corrected chi connectivity index (χ1v) is 15.2. The lowest BCUT2D eigenvalue weighted by molar-refractivity contribution is 0.0696. The summed E-state index contributed by atoms with van der Waals surface area (Å²) in [7, 11) is -4.17. The number of aromatic carboxylic acids is 1. The molecule has 0 spiro atoms. The first kappa shape index (κ1) is 29.5. The summed E-state index contributed by atoms with van der Waals surface area (Å²) in [5, 5.41) is 13.0. The molecule has 214 valence electrons. The number of aromatic nitrogens is 2. The average molecular weight is 567 g/mol. The van der Waals surface area contributed by atoms with Crippen LogP contribution < -0.4 is 14.8 Å². The summed E-state index contributed by atoms with van der Waals surface area (Å²) in [6.07, 6.45) is 5.72. The Kier molecular flexibility index (Phi) is 9.42. The number of carboxylic acid groups (broad SMARTS) is 1. The highest BCUT2D eigenvalue weighted by atomic mass is 32.2. The summed E-state index contributed by atoms with van der Waals surface area (Å²) in [5.41, 5.74) is 3.22. The third-order valence-corrected chi connectivity index (χ3v) is 8.40. The molecule has 2 aromatic carbocycles. The fourth-order valence-electron chi connectivity index (χ4n) is 5.23. The van der Waals surface area contributed by atoms with E-state index >= 15 is 0 Å². The number of benzene rings is 2. The highest BCUT2D eigenvalue weighted by molar-refractivity contribution is 7.92. The molecule has 1 atom stereocenters.